The minimum Gasteiger partial charge on any atom is -0.394 e. The van der Waals surface area contributed by atoms with Crippen molar-refractivity contribution in [1.82, 2.24) is 15.0 Å². The van der Waals surface area contributed by atoms with Crippen LogP contribution in [-0.4, -0.2) is 26.1 Å². The fourth-order valence-corrected chi connectivity index (χ4v) is 2.16. The van der Waals surface area contributed by atoms with Crippen LogP contribution in [0.5, 0.6) is 0 Å². The number of rotatable bonds is 1. The van der Waals surface area contributed by atoms with Crippen LogP contribution >= 0.6 is 0 Å². The minimum absolute atomic E-state index is 0.0593. The Hall–Kier alpha value is -3.61. The number of amides is 1. The summed E-state index contributed by atoms with van der Waals surface area (Å²) in [7, 11) is 0. The standard InChI is InChI=1S/C9H7N.C8H6N4O2/c1-2-6-9-8(4-1)5-3-7-10-9;13-8(11-12-14)7-9-5-3-1-2-4-6(5)10-7/h1-7H;1-4H,(H,9,10)(H,11,13,14). The van der Waals surface area contributed by atoms with Gasteiger partial charge in [-0.1, -0.05) is 41.5 Å². The summed E-state index contributed by atoms with van der Waals surface area (Å²) in [6.07, 6.45) is 1.81. The van der Waals surface area contributed by atoms with Crippen molar-refractivity contribution in [2.45, 2.75) is 0 Å². The lowest BCUT2D eigenvalue weighted by molar-refractivity contribution is 0.0966. The zero-order valence-electron chi connectivity index (χ0n) is 12.5. The molecular formula is C17H13N5O2. The largest absolute Gasteiger partial charge is 0.394 e. The second kappa shape index (κ2) is 7.10. The molecule has 0 unspecified atom stereocenters. The molecule has 7 nitrogen and oxygen atoms in total. The van der Waals surface area contributed by atoms with E-state index in [2.05, 4.69) is 37.5 Å². The van der Waals surface area contributed by atoms with Gasteiger partial charge >= 0.3 is 5.91 Å². The zero-order valence-corrected chi connectivity index (χ0v) is 12.5. The van der Waals surface area contributed by atoms with Gasteiger partial charge in [-0.25, -0.2) is 4.98 Å². The van der Waals surface area contributed by atoms with Crippen molar-refractivity contribution in [1.29, 1.82) is 0 Å². The van der Waals surface area contributed by atoms with Gasteiger partial charge in [0.25, 0.3) is 0 Å². The zero-order chi connectivity index (χ0) is 16.8. The molecule has 2 aromatic heterocycles. The molecule has 0 bridgehead atoms. The Morgan fingerprint density at radius 1 is 0.958 bits per heavy atom. The predicted molar refractivity (Wildman–Crippen MR) is 88.8 cm³/mol. The van der Waals surface area contributed by atoms with Gasteiger partial charge < -0.3 is 10.2 Å². The number of nitrogens with one attached hydrogen (secondary N) is 1. The maximum atomic E-state index is 11.1. The van der Waals surface area contributed by atoms with Crippen LogP contribution in [0.1, 0.15) is 10.6 Å². The third kappa shape index (κ3) is 3.41. The van der Waals surface area contributed by atoms with Crippen LogP contribution in [0.4, 0.5) is 0 Å². The van der Waals surface area contributed by atoms with Gasteiger partial charge in [-0.3, -0.25) is 9.78 Å². The molecule has 7 heteroatoms. The van der Waals surface area contributed by atoms with Gasteiger partial charge in [-0.15, -0.1) is 0 Å². The summed E-state index contributed by atoms with van der Waals surface area (Å²) in [5.41, 5.74) is 2.47. The van der Waals surface area contributed by atoms with Crippen molar-refractivity contribution in [2.75, 3.05) is 0 Å². The first kappa shape index (κ1) is 15.3. The van der Waals surface area contributed by atoms with Crippen molar-refractivity contribution in [3.8, 4) is 0 Å². The molecule has 4 rings (SSSR count). The van der Waals surface area contributed by atoms with Crippen LogP contribution in [-0.2, 0) is 0 Å². The normalized spacial score (nSPS) is 10.7. The number of aromatic amines is 1. The Bertz CT molecular complexity index is 911. The van der Waals surface area contributed by atoms with Crippen LogP contribution in [0.25, 0.3) is 21.9 Å². The molecule has 24 heavy (non-hydrogen) atoms. The Morgan fingerprint density at radius 2 is 1.67 bits per heavy atom. The number of H-pyrrole nitrogens is 1. The average molecular weight is 319 g/mol. The van der Waals surface area contributed by atoms with Crippen LogP contribution < -0.4 is 0 Å². The molecule has 4 aromatic rings. The highest BCUT2D eigenvalue weighted by Gasteiger charge is 2.09. The molecule has 0 aliphatic heterocycles. The van der Waals surface area contributed by atoms with E-state index in [1.54, 1.807) is 12.1 Å². The lowest BCUT2D eigenvalue weighted by Crippen LogP contribution is -1.95. The Balaban J connectivity index is 0.000000149. The number of fused-ring (bicyclic) bond motifs is 2. The fourth-order valence-electron chi connectivity index (χ4n) is 2.16. The van der Waals surface area contributed by atoms with E-state index in [1.807, 2.05) is 42.6 Å². The number of imidazole rings is 1. The van der Waals surface area contributed by atoms with Crippen LogP contribution in [0.2, 0.25) is 0 Å². The number of carbonyl (C=O) groups is 1. The summed E-state index contributed by atoms with van der Waals surface area (Å²) in [6.45, 7) is 0. The van der Waals surface area contributed by atoms with Crippen molar-refractivity contribution in [3.05, 3.63) is 72.7 Å². The molecule has 118 valence electrons. The van der Waals surface area contributed by atoms with Crippen LogP contribution in [0, 0.1) is 0 Å². The predicted octanol–water partition coefficient (Wildman–Crippen LogP) is 3.78. The summed E-state index contributed by atoms with van der Waals surface area (Å²) in [5.74, 6) is -0.646. The monoisotopic (exact) mass is 319 g/mol. The molecule has 0 aliphatic carbocycles. The second-order valence-corrected chi connectivity index (χ2v) is 4.79. The Labute approximate surface area is 136 Å². The van der Waals surface area contributed by atoms with Crippen LogP contribution in [0.3, 0.4) is 0 Å². The first-order valence-electron chi connectivity index (χ1n) is 7.12. The highest BCUT2D eigenvalue weighted by molar-refractivity contribution is 5.94. The van der Waals surface area contributed by atoms with Gasteiger partial charge in [0.2, 0.25) is 5.82 Å². The first-order chi connectivity index (χ1) is 11.8. The average Bonchev–Trinajstić information content (AvgIpc) is 3.07. The summed E-state index contributed by atoms with van der Waals surface area (Å²) < 4.78 is 0. The van der Waals surface area contributed by atoms with E-state index in [4.69, 9.17) is 5.21 Å². The van der Waals surface area contributed by atoms with E-state index >= 15 is 0 Å². The van der Waals surface area contributed by atoms with E-state index in [-0.39, 0.29) is 5.82 Å². The van der Waals surface area contributed by atoms with E-state index in [9.17, 15) is 4.79 Å². The van der Waals surface area contributed by atoms with Gasteiger partial charge in [0, 0.05) is 16.9 Å². The molecule has 0 spiro atoms. The molecule has 0 aliphatic rings. The molecule has 0 fully saturated rings. The molecule has 0 atom stereocenters. The lowest BCUT2D eigenvalue weighted by Gasteiger charge is -1.91. The number of nitrogens with zero attached hydrogens (tertiary/aromatic N) is 4. The number of hydrogen-bond acceptors (Lipinski definition) is 4. The fraction of sp³-hybridized carbons (Fsp3) is 0. The molecule has 2 heterocycles. The summed E-state index contributed by atoms with van der Waals surface area (Å²) in [4.78, 5) is 22.0. The van der Waals surface area contributed by atoms with E-state index in [0.717, 1.165) is 11.0 Å². The lowest BCUT2D eigenvalue weighted by atomic mass is 10.2. The quantitative estimate of drug-likeness (QED) is 0.411. The molecule has 0 saturated heterocycles. The van der Waals surface area contributed by atoms with Gasteiger partial charge in [-0.2, -0.15) is 0 Å². The Morgan fingerprint density at radius 3 is 2.42 bits per heavy atom. The first-order valence-corrected chi connectivity index (χ1v) is 7.12. The summed E-state index contributed by atoms with van der Waals surface area (Å²) in [5, 5.41) is 14.6. The molecular weight excluding hydrogens is 306 g/mol. The van der Waals surface area contributed by atoms with Crippen molar-refractivity contribution in [3.63, 3.8) is 0 Å². The van der Waals surface area contributed by atoms with Gasteiger partial charge in [0.05, 0.1) is 16.6 Å². The van der Waals surface area contributed by atoms with Crippen molar-refractivity contribution >= 4 is 27.8 Å². The van der Waals surface area contributed by atoms with E-state index < -0.39 is 5.91 Å². The number of benzene rings is 2. The van der Waals surface area contributed by atoms with Gasteiger partial charge in [0.15, 0.2) is 0 Å². The van der Waals surface area contributed by atoms with Gasteiger partial charge in [0.1, 0.15) is 0 Å². The summed E-state index contributed by atoms with van der Waals surface area (Å²) >= 11 is 0. The number of pyridine rings is 1. The highest BCUT2D eigenvalue weighted by atomic mass is 16.5. The maximum absolute atomic E-state index is 11.1. The SMILES string of the molecule is O=C(N=NO)c1nc2ccccc2[nH]1.c1ccc2ncccc2c1. The topological polar surface area (TPSA) is 104 Å². The maximum Gasteiger partial charge on any atom is 0.333 e. The third-order valence-corrected chi connectivity index (χ3v) is 3.24. The molecule has 1 amide bonds. The smallest absolute Gasteiger partial charge is 0.333 e. The molecule has 0 saturated carbocycles. The third-order valence-electron chi connectivity index (χ3n) is 3.24. The molecule has 2 N–H and O–H groups in total. The second-order valence-electron chi connectivity index (χ2n) is 4.79. The Kier molecular flexibility index (Phi) is 4.52. The number of aromatic nitrogens is 3. The number of hydrogen-bond donors (Lipinski definition) is 2. The number of carbonyl (C=O) groups excluding carboxylic acids is 1. The van der Waals surface area contributed by atoms with Gasteiger partial charge in [-0.05, 0) is 24.3 Å². The molecule has 2 aromatic carbocycles. The van der Waals surface area contributed by atoms with E-state index in [0.29, 0.717) is 5.52 Å². The van der Waals surface area contributed by atoms with Crippen molar-refractivity contribution in [2.24, 2.45) is 10.4 Å². The summed E-state index contributed by atoms with van der Waals surface area (Å²) in [6, 6.07) is 19.3. The minimum atomic E-state index is -0.705. The van der Waals surface area contributed by atoms with E-state index in [1.165, 1.54) is 5.39 Å². The number of para-hydroxylation sites is 3. The van der Waals surface area contributed by atoms with Crippen molar-refractivity contribution < 1.29 is 10.0 Å². The highest BCUT2D eigenvalue weighted by Crippen LogP contribution is 2.10. The molecule has 0 radical (unpaired) electrons. The van der Waals surface area contributed by atoms with Crippen LogP contribution in [0.15, 0.2) is 77.3 Å².